The Morgan fingerprint density at radius 2 is 1.90 bits per heavy atom. The van der Waals surface area contributed by atoms with Crippen molar-refractivity contribution in [1.29, 1.82) is 0 Å². The predicted octanol–water partition coefficient (Wildman–Crippen LogP) is 7.87. The third-order valence-electron chi connectivity index (χ3n) is 9.84. The number of ether oxygens (including phenoxy) is 1. The number of aryl methyl sites for hydroxylation is 5. The van der Waals surface area contributed by atoms with Crippen molar-refractivity contribution in [3.05, 3.63) is 75.0 Å². The number of carboxylic acid groups (broad SMARTS) is 1. The van der Waals surface area contributed by atoms with Crippen molar-refractivity contribution in [2.75, 3.05) is 18.5 Å². The highest BCUT2D eigenvalue weighted by Gasteiger charge is 2.29. The van der Waals surface area contributed by atoms with Gasteiger partial charge in [0.2, 0.25) is 0 Å². The van der Waals surface area contributed by atoms with Crippen LogP contribution in [0, 0.1) is 0 Å². The van der Waals surface area contributed by atoms with Gasteiger partial charge in [0.1, 0.15) is 11.4 Å². The SMILES string of the molecule is Cn1nc2cc1CSc1cc3c(c(c1)OCCCc1c(C(=O)O)n(C)c4c(c(Cl)ccc14)-c1c(nn4c1CCCC4)CSC2)NCCC3. The van der Waals surface area contributed by atoms with E-state index in [0.29, 0.717) is 35.9 Å². The average Bonchev–Trinajstić information content (AvgIpc) is 3.72. The fourth-order valence-corrected chi connectivity index (χ4v) is 9.74. The molecular formula is C36H39ClN6O3S2. The summed E-state index contributed by atoms with van der Waals surface area (Å²) in [6.07, 6.45) is 6.46. The van der Waals surface area contributed by atoms with Crippen molar-refractivity contribution >= 4 is 57.7 Å². The Labute approximate surface area is 293 Å². The Bertz CT molecular complexity index is 2060. The second kappa shape index (κ2) is 13.1. The lowest BCUT2D eigenvalue weighted by molar-refractivity contribution is 0.0685. The molecule has 2 N–H and O–H groups in total. The van der Waals surface area contributed by atoms with Gasteiger partial charge >= 0.3 is 5.97 Å². The first-order chi connectivity index (χ1) is 23.4. The monoisotopic (exact) mass is 702 g/mol. The molecule has 3 aromatic heterocycles. The van der Waals surface area contributed by atoms with Gasteiger partial charge in [-0.1, -0.05) is 17.7 Å². The molecule has 12 heteroatoms. The number of aromatic nitrogens is 5. The van der Waals surface area contributed by atoms with Crippen LogP contribution in [0.3, 0.4) is 0 Å². The summed E-state index contributed by atoms with van der Waals surface area (Å²) < 4.78 is 12.5. The number of hydrogen-bond acceptors (Lipinski definition) is 7. The largest absolute Gasteiger partial charge is 0.491 e. The molecule has 3 aliphatic rings. The van der Waals surface area contributed by atoms with Crippen LogP contribution in [0.4, 0.5) is 5.69 Å². The van der Waals surface area contributed by atoms with Gasteiger partial charge in [0.25, 0.3) is 0 Å². The zero-order valence-electron chi connectivity index (χ0n) is 27.3. The molecule has 0 unspecified atom stereocenters. The minimum atomic E-state index is -0.938. The fraction of sp³-hybridized carbons (Fsp3) is 0.417. The summed E-state index contributed by atoms with van der Waals surface area (Å²) in [5.41, 5.74) is 10.7. The molecule has 0 atom stereocenters. The molecule has 2 aromatic carbocycles. The lowest BCUT2D eigenvalue weighted by atomic mass is 9.95. The summed E-state index contributed by atoms with van der Waals surface area (Å²) in [5.74, 6) is 2.21. The Balaban J connectivity index is 1.25. The van der Waals surface area contributed by atoms with E-state index < -0.39 is 5.97 Å². The van der Waals surface area contributed by atoms with Crippen molar-refractivity contribution in [1.82, 2.24) is 24.1 Å². The van der Waals surface area contributed by atoms with Gasteiger partial charge in [0, 0.05) is 77.2 Å². The topological polar surface area (TPSA) is 99.1 Å². The number of benzene rings is 2. The zero-order valence-corrected chi connectivity index (χ0v) is 29.7. The molecular weight excluding hydrogens is 664 g/mol. The van der Waals surface area contributed by atoms with Crippen molar-refractivity contribution in [3.8, 4) is 16.9 Å². The fourth-order valence-electron chi connectivity index (χ4n) is 7.65. The van der Waals surface area contributed by atoms with Gasteiger partial charge in [-0.25, -0.2) is 4.79 Å². The Morgan fingerprint density at radius 3 is 2.77 bits per heavy atom. The molecule has 0 spiro atoms. The lowest BCUT2D eigenvalue weighted by Gasteiger charge is -2.22. The van der Waals surface area contributed by atoms with Gasteiger partial charge in [-0.3, -0.25) is 9.36 Å². The minimum absolute atomic E-state index is 0.302. The molecule has 9 nitrogen and oxygen atoms in total. The zero-order chi connectivity index (χ0) is 32.9. The normalized spacial score (nSPS) is 16.7. The van der Waals surface area contributed by atoms with E-state index in [1.54, 1.807) is 11.8 Å². The number of halogens is 1. The minimum Gasteiger partial charge on any atom is -0.491 e. The van der Waals surface area contributed by atoms with Gasteiger partial charge in [-0.05, 0) is 80.3 Å². The van der Waals surface area contributed by atoms with E-state index in [-0.39, 0.29) is 0 Å². The number of carbonyl (C=O) groups is 1. The highest BCUT2D eigenvalue weighted by Crippen LogP contribution is 2.44. The summed E-state index contributed by atoms with van der Waals surface area (Å²) in [4.78, 5) is 14.0. The van der Waals surface area contributed by atoms with E-state index >= 15 is 0 Å². The van der Waals surface area contributed by atoms with Crippen LogP contribution in [0.1, 0.15) is 70.1 Å². The number of fused-ring (bicyclic) bond motifs is 10. The maximum Gasteiger partial charge on any atom is 0.352 e. The van der Waals surface area contributed by atoms with Gasteiger partial charge in [0.05, 0.1) is 34.2 Å². The number of nitrogens with one attached hydrogen (secondary N) is 1. The standard InChI is InChI=1S/C36H39ClN6O3S2/c1-41-34-26-10-11-27(37)31(34)32-28(40-43-13-4-3-9-29(32)43)20-47-18-22-16-23(42(2)39-22)19-48-24-15-21-7-5-12-38-33(21)30(17-24)46-14-6-8-25(26)35(41)36(44)45/h10-11,15-17,38H,3-9,12-14,18-20H2,1-2H3,(H,44,45). The van der Waals surface area contributed by atoms with E-state index in [4.69, 9.17) is 26.5 Å². The summed E-state index contributed by atoms with van der Waals surface area (Å²) in [7, 11) is 3.88. The van der Waals surface area contributed by atoms with Gasteiger partial charge in [0.15, 0.2) is 0 Å². The number of anilines is 1. The second-order valence-corrected chi connectivity index (χ2v) is 15.4. The second-order valence-electron chi connectivity index (χ2n) is 12.9. The number of carboxylic acids is 1. The summed E-state index contributed by atoms with van der Waals surface area (Å²) in [5, 5.41) is 25.6. The van der Waals surface area contributed by atoms with E-state index in [0.717, 1.165) is 107 Å². The van der Waals surface area contributed by atoms with Crippen LogP contribution < -0.4 is 10.1 Å². The molecule has 8 bridgehead atoms. The molecule has 8 rings (SSSR count). The van der Waals surface area contributed by atoms with Crippen LogP contribution in [-0.2, 0) is 57.2 Å². The maximum atomic E-state index is 12.8. The highest BCUT2D eigenvalue weighted by atomic mass is 35.5. The average molecular weight is 703 g/mol. The molecule has 0 fully saturated rings. The predicted molar refractivity (Wildman–Crippen MR) is 194 cm³/mol. The smallest absolute Gasteiger partial charge is 0.352 e. The van der Waals surface area contributed by atoms with Gasteiger partial charge in [-0.15, -0.1) is 23.5 Å². The van der Waals surface area contributed by atoms with Crippen LogP contribution in [0.15, 0.2) is 35.2 Å². The number of hydrogen-bond donors (Lipinski definition) is 2. The quantitative estimate of drug-likeness (QED) is 0.182. The number of rotatable bonds is 1. The van der Waals surface area contributed by atoms with Crippen molar-refractivity contribution in [2.24, 2.45) is 14.1 Å². The molecule has 3 aliphatic heterocycles. The van der Waals surface area contributed by atoms with Crippen LogP contribution in [-0.4, -0.2) is 48.4 Å². The Kier molecular flexibility index (Phi) is 8.63. The molecule has 0 aliphatic carbocycles. The summed E-state index contributed by atoms with van der Waals surface area (Å²) in [6, 6.07) is 10.6. The third kappa shape index (κ3) is 5.67. The van der Waals surface area contributed by atoms with Crippen LogP contribution in [0.5, 0.6) is 5.75 Å². The van der Waals surface area contributed by atoms with E-state index in [1.165, 1.54) is 21.8 Å². The van der Waals surface area contributed by atoms with Gasteiger partial charge < -0.3 is 19.7 Å². The molecule has 6 heterocycles. The third-order valence-corrected chi connectivity index (χ3v) is 12.1. The van der Waals surface area contributed by atoms with Crippen LogP contribution >= 0.6 is 35.1 Å². The molecule has 0 radical (unpaired) electrons. The molecule has 5 aromatic rings. The number of thioether (sulfide) groups is 2. The highest BCUT2D eigenvalue weighted by molar-refractivity contribution is 7.98. The van der Waals surface area contributed by atoms with Crippen molar-refractivity contribution in [3.63, 3.8) is 0 Å². The summed E-state index contributed by atoms with van der Waals surface area (Å²) in [6.45, 7) is 2.28. The Morgan fingerprint density at radius 1 is 1.00 bits per heavy atom. The molecule has 0 saturated heterocycles. The first-order valence-electron chi connectivity index (χ1n) is 16.7. The maximum absolute atomic E-state index is 12.8. The van der Waals surface area contributed by atoms with Crippen molar-refractivity contribution < 1.29 is 14.6 Å². The van der Waals surface area contributed by atoms with E-state index in [1.807, 2.05) is 47.2 Å². The lowest BCUT2D eigenvalue weighted by Crippen LogP contribution is -2.14. The summed E-state index contributed by atoms with van der Waals surface area (Å²) >= 11 is 10.7. The molecule has 0 amide bonds. The first-order valence-corrected chi connectivity index (χ1v) is 19.3. The molecule has 0 saturated carbocycles. The van der Waals surface area contributed by atoms with Crippen molar-refractivity contribution in [2.45, 2.75) is 73.6 Å². The van der Waals surface area contributed by atoms with Crippen LogP contribution in [0.25, 0.3) is 22.0 Å². The Hall–Kier alpha value is -3.54. The van der Waals surface area contributed by atoms with E-state index in [2.05, 4.69) is 28.2 Å². The number of nitrogens with zero attached hydrogens (tertiary/aromatic N) is 5. The van der Waals surface area contributed by atoms with Crippen LogP contribution in [0.2, 0.25) is 5.02 Å². The van der Waals surface area contributed by atoms with E-state index in [9.17, 15) is 9.90 Å². The first kappa shape index (κ1) is 31.7. The molecule has 250 valence electrons. The molecule has 48 heavy (non-hydrogen) atoms. The number of aromatic carboxylic acids is 1. The van der Waals surface area contributed by atoms with Gasteiger partial charge in [-0.2, -0.15) is 10.2 Å².